The summed E-state index contributed by atoms with van der Waals surface area (Å²) >= 11 is 6.70. The van der Waals surface area contributed by atoms with Crippen LogP contribution in [0.15, 0.2) is 83.8 Å². The Bertz CT molecular complexity index is 1100. The van der Waals surface area contributed by atoms with E-state index in [1.807, 2.05) is 48.5 Å². The molecule has 4 rings (SSSR count). The molecule has 0 aromatic heterocycles. The fourth-order valence-electron chi connectivity index (χ4n) is 2.99. The first kappa shape index (κ1) is 20.3. The van der Waals surface area contributed by atoms with Crippen molar-refractivity contribution >= 4 is 40.3 Å². The van der Waals surface area contributed by atoms with Gasteiger partial charge in [0.25, 0.3) is 5.91 Å². The van der Waals surface area contributed by atoms with Crippen molar-refractivity contribution < 1.29 is 13.9 Å². The van der Waals surface area contributed by atoms with Gasteiger partial charge in [-0.3, -0.25) is 9.69 Å². The van der Waals surface area contributed by atoms with Gasteiger partial charge in [-0.1, -0.05) is 84.6 Å². The van der Waals surface area contributed by atoms with Crippen molar-refractivity contribution in [3.63, 3.8) is 0 Å². The summed E-state index contributed by atoms with van der Waals surface area (Å²) in [6.07, 6.45) is 1.82. The summed E-state index contributed by atoms with van der Waals surface area (Å²) in [4.78, 5) is 15.0. The third-order valence-electron chi connectivity index (χ3n) is 4.59. The summed E-state index contributed by atoms with van der Waals surface area (Å²) in [7, 11) is 0. The minimum atomic E-state index is -0.286. The number of halogens is 1. The summed E-state index contributed by atoms with van der Waals surface area (Å²) in [6.45, 7) is 0.621. The molecule has 0 N–H and O–H groups in total. The van der Waals surface area contributed by atoms with Crippen LogP contribution < -0.4 is 4.74 Å². The lowest BCUT2D eigenvalue weighted by atomic mass is 10.2. The molecule has 1 fully saturated rings. The zero-order chi connectivity index (χ0) is 20.9. The van der Waals surface area contributed by atoms with E-state index < -0.39 is 0 Å². The Hall–Kier alpha value is -2.96. The lowest BCUT2D eigenvalue weighted by molar-refractivity contribution is -0.122. The van der Waals surface area contributed by atoms with Crippen LogP contribution in [0.5, 0.6) is 5.75 Å². The molecule has 0 spiro atoms. The number of carbonyl (C=O) groups is 1. The van der Waals surface area contributed by atoms with E-state index in [0.717, 1.165) is 11.1 Å². The minimum absolute atomic E-state index is 0.0891. The van der Waals surface area contributed by atoms with Crippen molar-refractivity contribution in [2.45, 2.75) is 13.2 Å². The molecule has 150 valence electrons. The summed E-state index contributed by atoms with van der Waals surface area (Å²) in [5, 5.41) is 0. The number of thiocarbonyl (C=S) groups is 1. The molecule has 0 aliphatic carbocycles. The molecule has 3 nitrogen and oxygen atoms in total. The van der Waals surface area contributed by atoms with Gasteiger partial charge in [-0.15, -0.1) is 0 Å². The van der Waals surface area contributed by atoms with Crippen molar-refractivity contribution in [3.8, 4) is 5.75 Å². The number of hydrogen-bond acceptors (Lipinski definition) is 4. The first-order valence-electron chi connectivity index (χ1n) is 9.36. The Morgan fingerprint density at radius 2 is 1.67 bits per heavy atom. The van der Waals surface area contributed by atoms with E-state index in [2.05, 4.69) is 0 Å². The van der Waals surface area contributed by atoms with E-state index in [-0.39, 0.29) is 18.3 Å². The SMILES string of the molecule is O=C1C(=Cc2ccc(OCc3ccccc3F)cc2)SC(=S)N1Cc1ccccc1. The Morgan fingerprint density at radius 1 is 0.967 bits per heavy atom. The zero-order valence-electron chi connectivity index (χ0n) is 16.0. The molecule has 30 heavy (non-hydrogen) atoms. The second-order valence-electron chi connectivity index (χ2n) is 6.70. The van der Waals surface area contributed by atoms with E-state index >= 15 is 0 Å². The fraction of sp³-hybridized carbons (Fsp3) is 0.0833. The number of amides is 1. The molecule has 1 aliphatic heterocycles. The second-order valence-corrected chi connectivity index (χ2v) is 8.38. The molecular formula is C24H18FNO2S2. The van der Waals surface area contributed by atoms with Crippen molar-refractivity contribution in [1.82, 2.24) is 4.90 Å². The minimum Gasteiger partial charge on any atom is -0.489 e. The highest BCUT2D eigenvalue weighted by molar-refractivity contribution is 8.26. The Balaban J connectivity index is 1.41. The van der Waals surface area contributed by atoms with Crippen LogP contribution in [0.4, 0.5) is 4.39 Å². The molecule has 0 atom stereocenters. The van der Waals surface area contributed by atoms with Gasteiger partial charge in [0.05, 0.1) is 11.4 Å². The average molecular weight is 436 g/mol. The van der Waals surface area contributed by atoms with E-state index in [1.54, 1.807) is 35.2 Å². The quantitative estimate of drug-likeness (QED) is 0.361. The number of carbonyl (C=O) groups excluding carboxylic acids is 1. The molecule has 1 saturated heterocycles. The van der Waals surface area contributed by atoms with Gasteiger partial charge in [-0.25, -0.2) is 4.39 Å². The second kappa shape index (κ2) is 9.24. The average Bonchev–Trinajstić information content (AvgIpc) is 3.02. The highest BCUT2D eigenvalue weighted by Crippen LogP contribution is 2.33. The van der Waals surface area contributed by atoms with Gasteiger partial charge in [0, 0.05) is 5.56 Å². The zero-order valence-corrected chi connectivity index (χ0v) is 17.6. The van der Waals surface area contributed by atoms with Crippen LogP contribution >= 0.6 is 24.0 Å². The van der Waals surface area contributed by atoms with Crippen LogP contribution in [0.1, 0.15) is 16.7 Å². The largest absolute Gasteiger partial charge is 0.489 e. The third-order valence-corrected chi connectivity index (χ3v) is 5.96. The van der Waals surface area contributed by atoms with Crippen molar-refractivity contribution in [2.24, 2.45) is 0 Å². The number of thioether (sulfide) groups is 1. The Labute approximate surface area is 184 Å². The number of nitrogens with zero attached hydrogens (tertiary/aromatic N) is 1. The normalized spacial score (nSPS) is 15.1. The van der Waals surface area contributed by atoms with Crippen LogP contribution in [0.25, 0.3) is 6.08 Å². The Kier molecular flexibility index (Phi) is 6.26. The van der Waals surface area contributed by atoms with Gasteiger partial charge < -0.3 is 4.74 Å². The van der Waals surface area contributed by atoms with Crippen LogP contribution in [-0.2, 0) is 17.9 Å². The van der Waals surface area contributed by atoms with Crippen LogP contribution in [-0.4, -0.2) is 15.1 Å². The van der Waals surface area contributed by atoms with E-state index in [1.165, 1.54) is 17.8 Å². The van der Waals surface area contributed by atoms with Crippen molar-refractivity contribution in [2.75, 3.05) is 0 Å². The van der Waals surface area contributed by atoms with E-state index in [4.69, 9.17) is 17.0 Å². The van der Waals surface area contributed by atoms with Gasteiger partial charge in [-0.05, 0) is 35.4 Å². The summed E-state index contributed by atoms with van der Waals surface area (Å²) < 4.78 is 19.9. The molecule has 6 heteroatoms. The highest BCUT2D eigenvalue weighted by atomic mass is 32.2. The van der Waals surface area contributed by atoms with Crippen LogP contribution in [0.3, 0.4) is 0 Å². The maximum absolute atomic E-state index is 13.7. The third kappa shape index (κ3) is 4.78. The molecule has 0 unspecified atom stereocenters. The van der Waals surface area contributed by atoms with Gasteiger partial charge >= 0.3 is 0 Å². The molecule has 1 heterocycles. The molecule has 0 saturated carbocycles. The fourth-order valence-corrected chi connectivity index (χ4v) is 4.25. The van der Waals surface area contributed by atoms with Gasteiger partial charge in [0.15, 0.2) is 0 Å². The van der Waals surface area contributed by atoms with Crippen molar-refractivity contribution in [1.29, 1.82) is 0 Å². The smallest absolute Gasteiger partial charge is 0.266 e. The van der Waals surface area contributed by atoms with Crippen LogP contribution in [0, 0.1) is 5.82 Å². The molecule has 1 amide bonds. The van der Waals surface area contributed by atoms with Crippen LogP contribution in [0.2, 0.25) is 0 Å². The maximum atomic E-state index is 13.7. The number of ether oxygens (including phenoxy) is 1. The lowest BCUT2D eigenvalue weighted by Gasteiger charge is -2.14. The first-order chi connectivity index (χ1) is 14.6. The Morgan fingerprint density at radius 3 is 2.40 bits per heavy atom. The number of hydrogen-bond donors (Lipinski definition) is 0. The predicted molar refractivity (Wildman–Crippen MR) is 122 cm³/mol. The molecule has 3 aromatic rings. The monoisotopic (exact) mass is 435 g/mol. The summed E-state index contributed by atoms with van der Waals surface area (Å²) in [6, 6.07) is 23.6. The summed E-state index contributed by atoms with van der Waals surface area (Å²) in [5.41, 5.74) is 2.41. The number of rotatable bonds is 6. The van der Waals surface area contributed by atoms with Gasteiger partial charge in [0.2, 0.25) is 0 Å². The van der Waals surface area contributed by atoms with E-state index in [0.29, 0.717) is 27.1 Å². The molecule has 1 aliphatic rings. The standard InChI is InChI=1S/C24H18FNO2S2/c25-21-9-5-4-8-19(21)16-28-20-12-10-17(11-13-20)14-22-23(27)26(24(29)30-22)15-18-6-2-1-3-7-18/h1-14H,15-16H2. The maximum Gasteiger partial charge on any atom is 0.266 e. The molecule has 3 aromatic carbocycles. The topological polar surface area (TPSA) is 29.5 Å². The predicted octanol–water partition coefficient (Wildman–Crippen LogP) is 5.81. The molecular weight excluding hydrogens is 417 g/mol. The van der Waals surface area contributed by atoms with Crippen molar-refractivity contribution in [3.05, 3.63) is 106 Å². The molecule has 0 bridgehead atoms. The first-order valence-corrected chi connectivity index (χ1v) is 10.6. The number of benzene rings is 3. The van der Waals surface area contributed by atoms with E-state index in [9.17, 15) is 9.18 Å². The summed E-state index contributed by atoms with van der Waals surface area (Å²) in [5.74, 6) is 0.257. The lowest BCUT2D eigenvalue weighted by Crippen LogP contribution is -2.27. The molecule has 0 radical (unpaired) electrons. The highest BCUT2D eigenvalue weighted by Gasteiger charge is 2.31. The van der Waals surface area contributed by atoms with Gasteiger partial charge in [0.1, 0.15) is 22.5 Å². The van der Waals surface area contributed by atoms with Gasteiger partial charge in [-0.2, -0.15) is 0 Å².